The highest BCUT2D eigenvalue weighted by Crippen LogP contribution is 2.29. The Balaban J connectivity index is 1.52. The average Bonchev–Trinajstić information content (AvgIpc) is 2.84. The number of benzene rings is 3. The molecule has 176 valence electrons. The highest BCUT2D eigenvalue weighted by atomic mass is 35.5. The van der Waals surface area contributed by atoms with E-state index in [4.69, 9.17) is 32.7 Å². The van der Waals surface area contributed by atoms with Gasteiger partial charge in [-0.3, -0.25) is 9.59 Å². The fourth-order valence-corrected chi connectivity index (χ4v) is 3.07. The summed E-state index contributed by atoms with van der Waals surface area (Å²) in [6.45, 7) is 2.48. The molecule has 0 fully saturated rings. The zero-order valence-corrected chi connectivity index (χ0v) is 19.9. The number of halogens is 2. The number of ether oxygens (including phenoxy) is 2. The van der Waals surface area contributed by atoms with Crippen LogP contribution < -0.4 is 20.2 Å². The van der Waals surface area contributed by atoms with Crippen molar-refractivity contribution in [3.63, 3.8) is 0 Å². The van der Waals surface area contributed by atoms with Crippen LogP contribution in [-0.2, 0) is 11.4 Å². The lowest BCUT2D eigenvalue weighted by Crippen LogP contribution is -2.34. The summed E-state index contributed by atoms with van der Waals surface area (Å²) in [5.74, 6) is 0.294. The number of hydrazone groups is 1. The number of carbonyl (C=O) groups excluding carboxylic acids is 2. The van der Waals surface area contributed by atoms with Crippen LogP contribution in [0.1, 0.15) is 28.4 Å². The molecule has 0 bridgehead atoms. The van der Waals surface area contributed by atoms with E-state index < -0.39 is 5.91 Å². The molecule has 0 saturated carbocycles. The number of hydrogen-bond donors (Lipinski definition) is 2. The van der Waals surface area contributed by atoms with Gasteiger partial charge in [0, 0.05) is 15.6 Å². The van der Waals surface area contributed by atoms with Crippen molar-refractivity contribution in [3.8, 4) is 11.5 Å². The van der Waals surface area contributed by atoms with Crippen LogP contribution >= 0.6 is 23.2 Å². The molecule has 0 aliphatic heterocycles. The van der Waals surface area contributed by atoms with Crippen molar-refractivity contribution in [1.29, 1.82) is 0 Å². The lowest BCUT2D eigenvalue weighted by atomic mass is 10.2. The molecule has 3 aromatic rings. The Bertz CT molecular complexity index is 1150. The van der Waals surface area contributed by atoms with Crippen molar-refractivity contribution in [2.45, 2.75) is 13.5 Å². The number of amides is 2. The number of carbonyl (C=O) groups is 2. The lowest BCUT2D eigenvalue weighted by molar-refractivity contribution is -0.120. The quantitative estimate of drug-likeness (QED) is 0.308. The van der Waals surface area contributed by atoms with Crippen molar-refractivity contribution in [2.75, 3.05) is 13.2 Å². The molecule has 7 nitrogen and oxygen atoms in total. The molecule has 3 aromatic carbocycles. The number of rotatable bonds is 10. The second-order valence-corrected chi connectivity index (χ2v) is 7.91. The number of nitrogens with one attached hydrogen (secondary N) is 2. The second-order valence-electron chi connectivity index (χ2n) is 7.04. The maximum atomic E-state index is 12.0. The van der Waals surface area contributed by atoms with Gasteiger partial charge in [-0.05, 0) is 72.6 Å². The Morgan fingerprint density at radius 1 is 0.912 bits per heavy atom. The Kier molecular flexibility index (Phi) is 9.31. The highest BCUT2D eigenvalue weighted by molar-refractivity contribution is 6.30. The minimum atomic E-state index is -0.466. The van der Waals surface area contributed by atoms with E-state index in [-0.39, 0.29) is 12.5 Å². The SMILES string of the molecule is CCOc1cc(/C=N/NC(=O)CNC(=O)c2ccc(Cl)cc2)ccc1OCc1ccc(Cl)cc1. The highest BCUT2D eigenvalue weighted by Gasteiger charge is 2.09. The van der Waals surface area contributed by atoms with Gasteiger partial charge in [-0.2, -0.15) is 5.10 Å². The standard InChI is InChI=1S/C25H23Cl2N3O4/c1-2-33-23-13-18(5-12-22(23)34-16-17-3-8-20(26)9-4-17)14-29-30-24(31)15-28-25(32)19-6-10-21(27)11-7-19/h3-14H,2,15-16H2,1H3,(H,28,32)(H,30,31)/b29-14+. The predicted molar refractivity (Wildman–Crippen MR) is 133 cm³/mol. The molecule has 3 rings (SSSR count). The average molecular weight is 500 g/mol. The molecular weight excluding hydrogens is 477 g/mol. The normalized spacial score (nSPS) is 10.7. The van der Waals surface area contributed by atoms with Crippen LogP contribution in [0.3, 0.4) is 0 Å². The van der Waals surface area contributed by atoms with Gasteiger partial charge in [0.15, 0.2) is 11.5 Å². The Hall–Kier alpha value is -3.55. The van der Waals surface area contributed by atoms with E-state index >= 15 is 0 Å². The summed E-state index contributed by atoms with van der Waals surface area (Å²) in [6, 6.07) is 19.1. The van der Waals surface area contributed by atoms with E-state index in [1.807, 2.05) is 19.1 Å². The third kappa shape index (κ3) is 7.79. The number of hydrogen-bond acceptors (Lipinski definition) is 5. The Morgan fingerprint density at radius 2 is 1.59 bits per heavy atom. The third-order valence-corrected chi connectivity index (χ3v) is 5.00. The predicted octanol–water partition coefficient (Wildman–Crippen LogP) is 4.85. The summed E-state index contributed by atoms with van der Waals surface area (Å²) in [5.41, 5.74) is 4.46. The maximum absolute atomic E-state index is 12.0. The summed E-state index contributed by atoms with van der Waals surface area (Å²) in [6.07, 6.45) is 1.48. The first kappa shape index (κ1) is 25.1. The van der Waals surface area contributed by atoms with Crippen molar-refractivity contribution in [1.82, 2.24) is 10.7 Å². The zero-order valence-electron chi connectivity index (χ0n) is 18.4. The van der Waals surface area contributed by atoms with Crippen LogP contribution in [0.15, 0.2) is 71.8 Å². The molecule has 0 spiro atoms. The first-order chi connectivity index (χ1) is 16.4. The summed E-state index contributed by atoms with van der Waals surface area (Å²) < 4.78 is 11.6. The van der Waals surface area contributed by atoms with Crippen LogP contribution in [0.2, 0.25) is 10.0 Å². The first-order valence-electron chi connectivity index (χ1n) is 10.4. The Labute approximate surface area is 207 Å². The monoisotopic (exact) mass is 499 g/mol. The molecular formula is C25H23Cl2N3O4. The molecule has 0 heterocycles. The van der Waals surface area contributed by atoms with E-state index in [2.05, 4.69) is 15.8 Å². The molecule has 0 unspecified atom stereocenters. The molecule has 0 aromatic heterocycles. The largest absolute Gasteiger partial charge is 0.490 e. The smallest absolute Gasteiger partial charge is 0.259 e. The van der Waals surface area contributed by atoms with Gasteiger partial charge in [0.05, 0.1) is 19.4 Å². The summed E-state index contributed by atoms with van der Waals surface area (Å²) in [5, 5.41) is 7.64. The van der Waals surface area contributed by atoms with Gasteiger partial charge in [-0.15, -0.1) is 0 Å². The van der Waals surface area contributed by atoms with Crippen LogP contribution in [0, 0.1) is 0 Å². The van der Waals surface area contributed by atoms with Crippen LogP contribution in [0.4, 0.5) is 0 Å². The van der Waals surface area contributed by atoms with Gasteiger partial charge in [-0.25, -0.2) is 5.43 Å². The summed E-state index contributed by atoms with van der Waals surface area (Å²) in [4.78, 5) is 24.0. The lowest BCUT2D eigenvalue weighted by Gasteiger charge is -2.12. The minimum absolute atomic E-state index is 0.222. The molecule has 0 aliphatic rings. The fourth-order valence-electron chi connectivity index (χ4n) is 2.82. The van der Waals surface area contributed by atoms with Crippen molar-refractivity contribution < 1.29 is 19.1 Å². The molecule has 2 amide bonds. The Morgan fingerprint density at radius 3 is 2.26 bits per heavy atom. The summed E-state index contributed by atoms with van der Waals surface area (Å²) >= 11 is 11.7. The van der Waals surface area contributed by atoms with Gasteiger partial charge in [-0.1, -0.05) is 35.3 Å². The van der Waals surface area contributed by atoms with Gasteiger partial charge in [0.1, 0.15) is 6.61 Å². The third-order valence-electron chi connectivity index (χ3n) is 4.49. The van der Waals surface area contributed by atoms with Gasteiger partial charge in [0.25, 0.3) is 11.8 Å². The molecule has 0 atom stereocenters. The van der Waals surface area contributed by atoms with Crippen molar-refractivity contribution >= 4 is 41.2 Å². The first-order valence-corrected chi connectivity index (χ1v) is 11.2. The van der Waals surface area contributed by atoms with E-state index in [1.54, 1.807) is 54.6 Å². The van der Waals surface area contributed by atoms with Crippen LogP contribution in [0.25, 0.3) is 0 Å². The van der Waals surface area contributed by atoms with E-state index in [0.717, 1.165) is 5.56 Å². The molecule has 34 heavy (non-hydrogen) atoms. The van der Waals surface area contributed by atoms with Gasteiger partial charge in [0.2, 0.25) is 0 Å². The fraction of sp³-hybridized carbons (Fsp3) is 0.160. The second kappa shape index (κ2) is 12.6. The van der Waals surface area contributed by atoms with E-state index in [0.29, 0.717) is 45.9 Å². The topological polar surface area (TPSA) is 89.0 Å². The molecule has 0 saturated heterocycles. The minimum Gasteiger partial charge on any atom is -0.490 e. The van der Waals surface area contributed by atoms with E-state index in [9.17, 15) is 9.59 Å². The molecule has 0 aliphatic carbocycles. The van der Waals surface area contributed by atoms with E-state index in [1.165, 1.54) is 6.21 Å². The molecule has 2 N–H and O–H groups in total. The van der Waals surface area contributed by atoms with Gasteiger partial charge >= 0.3 is 0 Å². The zero-order chi connectivity index (χ0) is 24.3. The van der Waals surface area contributed by atoms with Crippen LogP contribution in [0.5, 0.6) is 11.5 Å². The summed E-state index contributed by atoms with van der Waals surface area (Å²) in [7, 11) is 0. The van der Waals surface area contributed by atoms with Crippen molar-refractivity contribution in [2.24, 2.45) is 5.10 Å². The number of nitrogens with zero attached hydrogens (tertiary/aromatic N) is 1. The maximum Gasteiger partial charge on any atom is 0.259 e. The van der Waals surface area contributed by atoms with Crippen molar-refractivity contribution in [3.05, 3.63) is 93.5 Å². The van der Waals surface area contributed by atoms with Crippen LogP contribution in [-0.4, -0.2) is 31.2 Å². The molecule has 9 heteroatoms. The van der Waals surface area contributed by atoms with Gasteiger partial charge < -0.3 is 14.8 Å². The molecule has 0 radical (unpaired) electrons.